The molecular weight excluding hydrogens is 306 g/mol. The number of ketones is 1. The summed E-state index contributed by atoms with van der Waals surface area (Å²) in [5.41, 5.74) is 6.99. The number of hydrogen-bond acceptors (Lipinski definition) is 2. The third-order valence-corrected chi connectivity index (χ3v) is 4.54. The van der Waals surface area contributed by atoms with Crippen molar-refractivity contribution < 1.29 is 4.79 Å². The summed E-state index contributed by atoms with van der Waals surface area (Å²) in [6, 6.07) is 18.2. The Bertz CT molecular complexity index is 926. The van der Waals surface area contributed by atoms with Gasteiger partial charge in [-0.15, -0.1) is 0 Å². The van der Waals surface area contributed by atoms with E-state index in [0.717, 1.165) is 27.8 Å². The van der Waals surface area contributed by atoms with Crippen molar-refractivity contribution in [1.29, 1.82) is 0 Å². The van der Waals surface area contributed by atoms with Gasteiger partial charge in [0.05, 0.1) is 0 Å². The zero-order valence-electron chi connectivity index (χ0n) is 14.6. The summed E-state index contributed by atoms with van der Waals surface area (Å²) >= 11 is 0. The van der Waals surface area contributed by atoms with E-state index in [1.165, 1.54) is 5.56 Å². The molecule has 124 valence electrons. The van der Waals surface area contributed by atoms with E-state index < -0.39 is 0 Å². The van der Waals surface area contributed by atoms with Crippen molar-refractivity contribution >= 4 is 11.9 Å². The minimum atomic E-state index is 0.0343. The minimum absolute atomic E-state index is 0.0343. The molecule has 2 aromatic carbocycles. The molecular formula is C23H21NO. The van der Waals surface area contributed by atoms with Crippen LogP contribution in [-0.4, -0.2) is 10.8 Å². The Morgan fingerprint density at radius 1 is 1.08 bits per heavy atom. The molecule has 0 atom stereocenters. The van der Waals surface area contributed by atoms with Crippen LogP contribution in [0, 0.1) is 13.8 Å². The quantitative estimate of drug-likeness (QED) is 0.585. The molecule has 0 unspecified atom stereocenters. The number of carbonyl (C=O) groups is 1. The second-order valence-corrected chi connectivity index (χ2v) is 6.19. The summed E-state index contributed by atoms with van der Waals surface area (Å²) in [5.74, 6) is 0.0343. The minimum Gasteiger partial charge on any atom is -0.292 e. The van der Waals surface area contributed by atoms with E-state index in [1.54, 1.807) is 12.3 Å². The molecule has 0 saturated carbocycles. The van der Waals surface area contributed by atoms with Crippen LogP contribution in [0.3, 0.4) is 0 Å². The first-order valence-corrected chi connectivity index (χ1v) is 8.36. The van der Waals surface area contributed by atoms with Gasteiger partial charge in [0, 0.05) is 12.6 Å². The Kier molecular flexibility index (Phi) is 4.90. The molecule has 3 aromatic rings. The first kappa shape index (κ1) is 16.8. The Balaban J connectivity index is 1.89. The van der Waals surface area contributed by atoms with Crippen molar-refractivity contribution in [1.82, 2.24) is 4.98 Å². The first-order chi connectivity index (χ1) is 12.1. The number of Topliss-reactive ketones (excluding diaryl/α,β-unsaturated/α-hetero) is 1. The van der Waals surface area contributed by atoms with Crippen LogP contribution >= 0.6 is 0 Å². The molecule has 0 aliphatic carbocycles. The van der Waals surface area contributed by atoms with Gasteiger partial charge in [-0.1, -0.05) is 61.2 Å². The smallest absolute Gasteiger partial charge is 0.185 e. The van der Waals surface area contributed by atoms with Crippen LogP contribution in [0.2, 0.25) is 0 Å². The van der Waals surface area contributed by atoms with Crippen molar-refractivity contribution in [3.63, 3.8) is 0 Å². The van der Waals surface area contributed by atoms with Crippen molar-refractivity contribution in [3.8, 4) is 11.1 Å². The molecule has 2 heteroatoms. The van der Waals surface area contributed by atoms with Gasteiger partial charge in [0.2, 0.25) is 0 Å². The number of aryl methyl sites for hydroxylation is 1. The fourth-order valence-corrected chi connectivity index (χ4v) is 3.00. The predicted molar refractivity (Wildman–Crippen MR) is 104 cm³/mol. The average molecular weight is 327 g/mol. The van der Waals surface area contributed by atoms with Gasteiger partial charge in [0.15, 0.2) is 5.78 Å². The van der Waals surface area contributed by atoms with Crippen molar-refractivity contribution in [2.75, 3.05) is 0 Å². The summed E-state index contributed by atoms with van der Waals surface area (Å²) < 4.78 is 0. The van der Waals surface area contributed by atoms with Crippen LogP contribution < -0.4 is 0 Å². The van der Waals surface area contributed by atoms with E-state index in [-0.39, 0.29) is 5.78 Å². The average Bonchev–Trinajstić information content (AvgIpc) is 2.64. The Hall–Kier alpha value is -3.00. The topological polar surface area (TPSA) is 30.0 Å². The highest BCUT2D eigenvalue weighted by Crippen LogP contribution is 2.26. The van der Waals surface area contributed by atoms with E-state index in [9.17, 15) is 4.79 Å². The second-order valence-electron chi connectivity index (χ2n) is 6.19. The van der Waals surface area contributed by atoms with Gasteiger partial charge >= 0.3 is 0 Å². The number of pyridine rings is 1. The van der Waals surface area contributed by atoms with Crippen LogP contribution in [0.4, 0.5) is 0 Å². The predicted octanol–water partition coefficient (Wildman–Crippen LogP) is 5.43. The van der Waals surface area contributed by atoms with Crippen LogP contribution in [0.15, 0.2) is 67.4 Å². The highest BCUT2D eigenvalue weighted by molar-refractivity contribution is 5.96. The van der Waals surface area contributed by atoms with E-state index in [1.807, 2.05) is 43.3 Å². The third kappa shape index (κ3) is 3.58. The van der Waals surface area contributed by atoms with Crippen LogP contribution in [-0.2, 0) is 6.42 Å². The third-order valence-electron chi connectivity index (χ3n) is 4.54. The maximum Gasteiger partial charge on any atom is 0.185 e. The largest absolute Gasteiger partial charge is 0.292 e. The molecule has 0 saturated heterocycles. The number of nitrogens with zero attached hydrogens (tertiary/aromatic N) is 1. The van der Waals surface area contributed by atoms with E-state index >= 15 is 0 Å². The standard InChI is InChI=1S/C23H21NO/c1-4-18-15-24-22(13-16(18)2)23(25)14-20-11-8-12-21(17(20)3)19-9-6-5-7-10-19/h4-13,15H,1,14H2,2-3H3. The second kappa shape index (κ2) is 7.27. The molecule has 25 heavy (non-hydrogen) atoms. The molecule has 0 aliphatic heterocycles. The lowest BCUT2D eigenvalue weighted by Gasteiger charge is -2.11. The van der Waals surface area contributed by atoms with Crippen LogP contribution in [0.5, 0.6) is 0 Å². The lowest BCUT2D eigenvalue weighted by molar-refractivity contribution is 0.0988. The number of carbonyl (C=O) groups excluding carboxylic acids is 1. The number of aromatic nitrogens is 1. The van der Waals surface area contributed by atoms with Gasteiger partial charge in [-0.2, -0.15) is 0 Å². The van der Waals surface area contributed by atoms with Gasteiger partial charge < -0.3 is 0 Å². The Morgan fingerprint density at radius 2 is 1.84 bits per heavy atom. The van der Waals surface area contributed by atoms with Crippen molar-refractivity contribution in [2.45, 2.75) is 20.3 Å². The molecule has 0 spiro atoms. The highest BCUT2D eigenvalue weighted by Gasteiger charge is 2.13. The van der Waals surface area contributed by atoms with E-state index in [0.29, 0.717) is 12.1 Å². The normalized spacial score (nSPS) is 10.5. The summed E-state index contributed by atoms with van der Waals surface area (Å²) in [5, 5.41) is 0. The number of rotatable bonds is 5. The van der Waals surface area contributed by atoms with Gasteiger partial charge in [-0.25, -0.2) is 0 Å². The van der Waals surface area contributed by atoms with E-state index in [4.69, 9.17) is 0 Å². The molecule has 0 fully saturated rings. The van der Waals surface area contributed by atoms with Crippen LogP contribution in [0.1, 0.15) is 32.7 Å². The van der Waals surface area contributed by atoms with Gasteiger partial charge in [0.1, 0.15) is 5.69 Å². The number of hydrogen-bond donors (Lipinski definition) is 0. The number of benzene rings is 2. The Labute approximate surface area is 148 Å². The fraction of sp³-hybridized carbons (Fsp3) is 0.130. The molecule has 0 radical (unpaired) electrons. The summed E-state index contributed by atoms with van der Waals surface area (Å²) in [6.07, 6.45) is 3.82. The SMILES string of the molecule is C=Cc1cnc(C(=O)Cc2cccc(-c3ccccc3)c2C)cc1C. The summed E-state index contributed by atoms with van der Waals surface area (Å²) in [6.45, 7) is 7.80. The zero-order chi connectivity index (χ0) is 17.8. The molecule has 2 nitrogen and oxygen atoms in total. The summed E-state index contributed by atoms with van der Waals surface area (Å²) in [7, 11) is 0. The fourth-order valence-electron chi connectivity index (χ4n) is 3.00. The molecule has 3 rings (SSSR count). The maximum absolute atomic E-state index is 12.7. The molecule has 0 aliphatic rings. The van der Waals surface area contributed by atoms with Gasteiger partial charge in [0.25, 0.3) is 0 Å². The molecule has 0 bridgehead atoms. The summed E-state index contributed by atoms with van der Waals surface area (Å²) in [4.78, 5) is 17.0. The van der Waals surface area contributed by atoms with Crippen LogP contribution in [0.25, 0.3) is 17.2 Å². The van der Waals surface area contributed by atoms with Crippen molar-refractivity contribution in [2.24, 2.45) is 0 Å². The van der Waals surface area contributed by atoms with Gasteiger partial charge in [-0.05, 0) is 53.3 Å². The Morgan fingerprint density at radius 3 is 2.52 bits per heavy atom. The van der Waals surface area contributed by atoms with Gasteiger partial charge in [-0.3, -0.25) is 9.78 Å². The molecule has 1 heterocycles. The van der Waals surface area contributed by atoms with E-state index in [2.05, 4.69) is 36.7 Å². The lowest BCUT2D eigenvalue weighted by Crippen LogP contribution is -2.08. The van der Waals surface area contributed by atoms with Crippen molar-refractivity contribution in [3.05, 3.63) is 95.3 Å². The maximum atomic E-state index is 12.7. The molecule has 0 amide bonds. The zero-order valence-corrected chi connectivity index (χ0v) is 14.6. The highest BCUT2D eigenvalue weighted by atomic mass is 16.1. The first-order valence-electron chi connectivity index (χ1n) is 8.36. The monoisotopic (exact) mass is 327 g/mol. The molecule has 0 N–H and O–H groups in total. The molecule has 1 aromatic heterocycles. The lowest BCUT2D eigenvalue weighted by atomic mass is 9.93.